The molecule has 0 radical (unpaired) electrons. The molecule has 0 saturated heterocycles. The molecule has 3 N–H and O–H groups in total. The predicted octanol–water partition coefficient (Wildman–Crippen LogP) is 0.658. The van der Waals surface area contributed by atoms with Gasteiger partial charge in [0.05, 0.1) is 6.61 Å². The fraction of sp³-hybridized carbons (Fsp3) is 0.357. The van der Waals surface area contributed by atoms with E-state index < -0.39 is 18.5 Å². The van der Waals surface area contributed by atoms with Crippen LogP contribution in [0.3, 0.4) is 0 Å². The Labute approximate surface area is 116 Å². The second kappa shape index (κ2) is 6.51. The van der Waals surface area contributed by atoms with Crippen molar-refractivity contribution in [3.05, 3.63) is 36.4 Å². The van der Waals surface area contributed by atoms with Crippen LogP contribution in [0.5, 0.6) is 5.75 Å². The summed E-state index contributed by atoms with van der Waals surface area (Å²) in [6, 6.07) is 6.81. The molecule has 0 aromatic heterocycles. The zero-order chi connectivity index (χ0) is 14.5. The number of hydrogen-bond acceptors (Lipinski definition) is 5. The number of benzene rings is 1. The minimum absolute atomic E-state index is 0.142. The third-order valence-corrected chi connectivity index (χ3v) is 2.76. The summed E-state index contributed by atoms with van der Waals surface area (Å²) in [5, 5.41) is 21.2. The Hall–Kier alpha value is -1.89. The topological polar surface area (TPSA) is 88.0 Å². The monoisotopic (exact) mass is 279 g/mol. The number of carbonyl (C=O) groups excluding carboxylic acids is 1. The molecule has 3 atom stereocenters. The van der Waals surface area contributed by atoms with E-state index in [4.69, 9.17) is 14.6 Å². The average molecular weight is 279 g/mol. The molecule has 0 bridgehead atoms. The Kier molecular flexibility index (Phi) is 4.73. The molecule has 1 aliphatic rings. The van der Waals surface area contributed by atoms with E-state index in [0.29, 0.717) is 11.4 Å². The van der Waals surface area contributed by atoms with Crippen LogP contribution in [0.15, 0.2) is 36.4 Å². The Bertz CT molecular complexity index is 485. The van der Waals surface area contributed by atoms with E-state index in [1.54, 1.807) is 30.3 Å². The van der Waals surface area contributed by atoms with Crippen molar-refractivity contribution in [2.75, 3.05) is 11.9 Å². The van der Waals surface area contributed by atoms with E-state index in [2.05, 4.69) is 5.32 Å². The van der Waals surface area contributed by atoms with Crippen LogP contribution in [0, 0.1) is 0 Å². The van der Waals surface area contributed by atoms with Gasteiger partial charge in [-0.3, -0.25) is 4.79 Å². The van der Waals surface area contributed by atoms with E-state index in [9.17, 15) is 9.90 Å². The molecule has 0 aliphatic carbocycles. The Morgan fingerprint density at radius 3 is 2.65 bits per heavy atom. The van der Waals surface area contributed by atoms with Crippen molar-refractivity contribution in [1.29, 1.82) is 0 Å². The van der Waals surface area contributed by atoms with Crippen LogP contribution in [-0.4, -0.2) is 41.2 Å². The SMILES string of the molecule is CC(=O)Nc1ccc(OC2C=C[C@H](O)C(CO)O2)cc1. The number of ether oxygens (including phenoxy) is 2. The van der Waals surface area contributed by atoms with Gasteiger partial charge in [-0.25, -0.2) is 0 Å². The van der Waals surface area contributed by atoms with E-state index in [0.717, 1.165) is 0 Å². The average Bonchev–Trinajstić information content (AvgIpc) is 2.42. The second-order valence-electron chi connectivity index (χ2n) is 4.42. The smallest absolute Gasteiger partial charge is 0.221 e. The number of carbonyl (C=O) groups is 1. The molecular weight excluding hydrogens is 262 g/mol. The van der Waals surface area contributed by atoms with Gasteiger partial charge in [0, 0.05) is 12.6 Å². The Morgan fingerprint density at radius 2 is 2.05 bits per heavy atom. The maximum absolute atomic E-state index is 10.9. The van der Waals surface area contributed by atoms with Gasteiger partial charge >= 0.3 is 0 Å². The Balaban J connectivity index is 1.96. The molecule has 108 valence electrons. The van der Waals surface area contributed by atoms with Crippen molar-refractivity contribution in [3.63, 3.8) is 0 Å². The highest BCUT2D eigenvalue weighted by molar-refractivity contribution is 5.88. The quantitative estimate of drug-likeness (QED) is 0.705. The van der Waals surface area contributed by atoms with Gasteiger partial charge in [0.2, 0.25) is 12.2 Å². The van der Waals surface area contributed by atoms with Crippen molar-refractivity contribution < 1.29 is 24.5 Å². The normalized spacial score (nSPS) is 25.2. The van der Waals surface area contributed by atoms with Crippen LogP contribution in [-0.2, 0) is 9.53 Å². The van der Waals surface area contributed by atoms with Crippen LogP contribution >= 0.6 is 0 Å². The summed E-state index contributed by atoms with van der Waals surface area (Å²) in [7, 11) is 0. The maximum atomic E-state index is 10.9. The third-order valence-electron chi connectivity index (χ3n) is 2.76. The fourth-order valence-corrected chi connectivity index (χ4v) is 1.80. The minimum atomic E-state index is -0.831. The molecule has 1 aliphatic heterocycles. The molecule has 2 unspecified atom stereocenters. The van der Waals surface area contributed by atoms with Gasteiger partial charge in [-0.2, -0.15) is 0 Å². The van der Waals surface area contributed by atoms with E-state index in [-0.39, 0.29) is 12.5 Å². The first kappa shape index (κ1) is 14.5. The van der Waals surface area contributed by atoms with Gasteiger partial charge in [0.25, 0.3) is 0 Å². The van der Waals surface area contributed by atoms with Crippen LogP contribution in [0.4, 0.5) is 5.69 Å². The van der Waals surface area contributed by atoms with Crippen molar-refractivity contribution in [2.24, 2.45) is 0 Å². The lowest BCUT2D eigenvalue weighted by molar-refractivity contribution is -0.142. The number of aliphatic hydroxyl groups excluding tert-OH is 2. The van der Waals surface area contributed by atoms with Crippen LogP contribution < -0.4 is 10.1 Å². The molecule has 6 nitrogen and oxygen atoms in total. The summed E-state index contributed by atoms with van der Waals surface area (Å²) in [6.45, 7) is 1.15. The number of aliphatic hydroxyl groups is 2. The molecule has 6 heteroatoms. The minimum Gasteiger partial charge on any atom is -0.461 e. The van der Waals surface area contributed by atoms with Crippen LogP contribution in [0.25, 0.3) is 0 Å². The lowest BCUT2D eigenvalue weighted by Gasteiger charge is -2.28. The van der Waals surface area contributed by atoms with E-state index in [1.165, 1.54) is 13.0 Å². The van der Waals surface area contributed by atoms with Gasteiger partial charge in [0.15, 0.2) is 0 Å². The summed E-state index contributed by atoms with van der Waals surface area (Å²) in [5.74, 6) is 0.416. The fourth-order valence-electron chi connectivity index (χ4n) is 1.80. The highest BCUT2D eigenvalue weighted by atomic mass is 16.7. The summed E-state index contributed by atoms with van der Waals surface area (Å²) in [6.07, 6.45) is 0.923. The summed E-state index contributed by atoms with van der Waals surface area (Å²) in [4.78, 5) is 10.9. The molecule has 2 rings (SSSR count). The van der Waals surface area contributed by atoms with Gasteiger partial charge < -0.3 is 25.0 Å². The highest BCUT2D eigenvalue weighted by Gasteiger charge is 2.25. The molecule has 1 amide bonds. The first-order valence-electron chi connectivity index (χ1n) is 6.25. The summed E-state index contributed by atoms with van der Waals surface area (Å²) < 4.78 is 10.9. The van der Waals surface area contributed by atoms with Crippen LogP contribution in [0.2, 0.25) is 0 Å². The van der Waals surface area contributed by atoms with Gasteiger partial charge in [-0.05, 0) is 30.3 Å². The highest BCUT2D eigenvalue weighted by Crippen LogP contribution is 2.20. The number of amides is 1. The third kappa shape index (κ3) is 3.80. The first-order valence-corrected chi connectivity index (χ1v) is 6.25. The molecule has 20 heavy (non-hydrogen) atoms. The zero-order valence-electron chi connectivity index (χ0n) is 11.0. The van der Waals surface area contributed by atoms with Crippen molar-refractivity contribution in [3.8, 4) is 5.75 Å². The number of rotatable bonds is 4. The molecule has 0 saturated carbocycles. The lowest BCUT2D eigenvalue weighted by Crippen LogP contribution is -2.39. The molecular formula is C14H17NO5. The predicted molar refractivity (Wildman–Crippen MR) is 72.3 cm³/mol. The molecule has 0 fully saturated rings. The van der Waals surface area contributed by atoms with Crippen molar-refractivity contribution in [1.82, 2.24) is 0 Å². The largest absolute Gasteiger partial charge is 0.461 e. The van der Waals surface area contributed by atoms with Crippen molar-refractivity contribution in [2.45, 2.75) is 25.4 Å². The Morgan fingerprint density at radius 1 is 1.35 bits per heavy atom. The van der Waals surface area contributed by atoms with Gasteiger partial charge in [0.1, 0.15) is 18.0 Å². The standard InChI is InChI=1S/C14H17NO5/c1-9(17)15-10-2-4-11(5-3-10)19-14-7-6-12(18)13(8-16)20-14/h2-7,12-14,16,18H,8H2,1H3,(H,15,17)/t12-,13?,14?/m0/s1. The molecule has 1 aromatic carbocycles. The maximum Gasteiger partial charge on any atom is 0.221 e. The number of nitrogens with one attached hydrogen (secondary N) is 1. The zero-order valence-corrected chi connectivity index (χ0v) is 11.0. The second-order valence-corrected chi connectivity index (χ2v) is 4.42. The van der Waals surface area contributed by atoms with E-state index >= 15 is 0 Å². The van der Waals surface area contributed by atoms with Crippen molar-refractivity contribution >= 4 is 11.6 Å². The lowest BCUT2D eigenvalue weighted by atomic mass is 10.1. The van der Waals surface area contributed by atoms with Gasteiger partial charge in [-0.15, -0.1) is 0 Å². The molecule has 0 spiro atoms. The van der Waals surface area contributed by atoms with Crippen LogP contribution in [0.1, 0.15) is 6.92 Å². The molecule has 1 aromatic rings. The first-order chi connectivity index (χ1) is 9.58. The van der Waals surface area contributed by atoms with E-state index in [1.807, 2.05) is 0 Å². The number of anilines is 1. The molecule has 1 heterocycles. The summed E-state index contributed by atoms with van der Waals surface area (Å²) in [5.41, 5.74) is 0.675. The summed E-state index contributed by atoms with van der Waals surface area (Å²) >= 11 is 0. The van der Waals surface area contributed by atoms with Gasteiger partial charge in [-0.1, -0.05) is 6.08 Å². The number of hydrogen-bond donors (Lipinski definition) is 3.